The van der Waals surface area contributed by atoms with Gasteiger partial charge in [-0.25, -0.2) is 0 Å². The van der Waals surface area contributed by atoms with Crippen molar-refractivity contribution in [1.29, 1.82) is 0 Å². The fourth-order valence-corrected chi connectivity index (χ4v) is 2.81. The number of aryl methyl sites for hydroxylation is 1. The number of aliphatic hydroxyl groups is 1. The number of alkyl halides is 3. The van der Waals surface area contributed by atoms with Crippen molar-refractivity contribution in [3.05, 3.63) is 17.5 Å². The summed E-state index contributed by atoms with van der Waals surface area (Å²) in [6, 6.07) is 0. The third-order valence-corrected chi connectivity index (χ3v) is 4.05. The molecule has 1 heterocycles. The maximum Gasteiger partial charge on any atom is 0.419 e. The van der Waals surface area contributed by atoms with Crippen LogP contribution in [-0.4, -0.2) is 21.5 Å². The Morgan fingerprint density at radius 1 is 1.14 bits per heavy atom. The normalized spacial score (nSPS) is 13.5. The van der Waals surface area contributed by atoms with Crippen molar-refractivity contribution in [3.8, 4) is 0 Å². The van der Waals surface area contributed by atoms with Crippen molar-refractivity contribution in [2.45, 2.75) is 70.4 Å². The Morgan fingerprint density at radius 2 is 1.73 bits per heavy atom. The molecular weight excluding hydrogens is 293 g/mol. The fraction of sp³-hybridized carbons (Fsp3) is 0.812. The predicted molar refractivity (Wildman–Crippen MR) is 80.6 cm³/mol. The first-order chi connectivity index (χ1) is 10.4. The first-order valence-corrected chi connectivity index (χ1v) is 8.11. The van der Waals surface area contributed by atoms with E-state index < -0.39 is 17.7 Å². The summed E-state index contributed by atoms with van der Waals surface area (Å²) in [7, 11) is 1.50. The van der Waals surface area contributed by atoms with E-state index in [1.165, 1.54) is 37.4 Å². The number of aliphatic hydroxyl groups excluding tert-OH is 1. The van der Waals surface area contributed by atoms with Crippen LogP contribution in [0.2, 0.25) is 0 Å². The molecule has 0 spiro atoms. The van der Waals surface area contributed by atoms with Crippen LogP contribution in [0.25, 0.3) is 0 Å². The van der Waals surface area contributed by atoms with Gasteiger partial charge in [0.05, 0.1) is 24.1 Å². The minimum Gasteiger partial charge on any atom is -0.396 e. The smallest absolute Gasteiger partial charge is 0.396 e. The zero-order valence-corrected chi connectivity index (χ0v) is 13.5. The van der Waals surface area contributed by atoms with E-state index in [9.17, 15) is 18.3 Å². The highest BCUT2D eigenvalue weighted by molar-refractivity contribution is 5.25. The molecule has 0 aliphatic rings. The highest BCUT2D eigenvalue weighted by Crippen LogP contribution is 2.36. The summed E-state index contributed by atoms with van der Waals surface area (Å²) in [6.45, 7) is 1.89. The van der Waals surface area contributed by atoms with Crippen molar-refractivity contribution >= 4 is 0 Å². The average Bonchev–Trinajstić information content (AvgIpc) is 2.84. The third-order valence-electron chi connectivity index (χ3n) is 4.05. The molecule has 0 fully saturated rings. The van der Waals surface area contributed by atoms with Crippen LogP contribution in [-0.2, 0) is 13.2 Å². The Hall–Kier alpha value is -1.04. The second-order valence-electron chi connectivity index (χ2n) is 5.85. The van der Waals surface area contributed by atoms with Crippen LogP contribution in [0.3, 0.4) is 0 Å². The Bertz CT molecular complexity index is 430. The van der Waals surface area contributed by atoms with Crippen LogP contribution in [0.15, 0.2) is 6.20 Å². The van der Waals surface area contributed by atoms with Crippen molar-refractivity contribution < 1.29 is 18.3 Å². The minimum atomic E-state index is -4.42. The Labute approximate surface area is 130 Å². The fourth-order valence-electron chi connectivity index (χ4n) is 2.81. The molecule has 22 heavy (non-hydrogen) atoms. The molecule has 0 saturated carbocycles. The maximum atomic E-state index is 13.0. The van der Waals surface area contributed by atoms with E-state index in [1.807, 2.05) is 0 Å². The summed E-state index contributed by atoms with van der Waals surface area (Å²) >= 11 is 0. The molecule has 6 heteroatoms. The van der Waals surface area contributed by atoms with E-state index in [-0.39, 0.29) is 12.3 Å². The highest BCUT2D eigenvalue weighted by atomic mass is 19.4. The first-order valence-electron chi connectivity index (χ1n) is 8.11. The molecule has 0 aliphatic heterocycles. The van der Waals surface area contributed by atoms with E-state index in [2.05, 4.69) is 12.0 Å². The first kappa shape index (κ1) is 19.0. The van der Waals surface area contributed by atoms with Gasteiger partial charge in [-0.3, -0.25) is 4.68 Å². The summed E-state index contributed by atoms with van der Waals surface area (Å²) in [5.74, 6) is -0.500. The van der Waals surface area contributed by atoms with Gasteiger partial charge in [0.25, 0.3) is 0 Å². The van der Waals surface area contributed by atoms with E-state index in [0.717, 1.165) is 25.5 Å². The topological polar surface area (TPSA) is 38.1 Å². The molecule has 1 aromatic heterocycles. The molecule has 0 amide bonds. The van der Waals surface area contributed by atoms with Crippen LogP contribution in [0.4, 0.5) is 13.2 Å². The van der Waals surface area contributed by atoms with Crippen molar-refractivity contribution in [3.63, 3.8) is 0 Å². The van der Waals surface area contributed by atoms with Gasteiger partial charge in [0.2, 0.25) is 0 Å². The Balaban J connectivity index is 2.53. The molecule has 1 aromatic rings. The van der Waals surface area contributed by atoms with Crippen LogP contribution < -0.4 is 0 Å². The van der Waals surface area contributed by atoms with Gasteiger partial charge in [-0.05, 0) is 6.42 Å². The lowest BCUT2D eigenvalue weighted by Gasteiger charge is -2.18. The number of halogens is 3. The second kappa shape index (κ2) is 9.18. The van der Waals surface area contributed by atoms with Crippen LogP contribution in [0.1, 0.15) is 75.5 Å². The Morgan fingerprint density at radius 3 is 2.27 bits per heavy atom. The quantitative estimate of drug-likeness (QED) is 0.637. The molecule has 3 nitrogen and oxygen atoms in total. The van der Waals surface area contributed by atoms with Crippen LogP contribution in [0, 0.1) is 0 Å². The van der Waals surface area contributed by atoms with Crippen molar-refractivity contribution in [2.24, 2.45) is 7.05 Å². The molecule has 0 radical (unpaired) electrons. The van der Waals surface area contributed by atoms with Gasteiger partial charge in [0.1, 0.15) is 0 Å². The number of nitrogens with zero attached hydrogens (tertiary/aromatic N) is 2. The minimum absolute atomic E-state index is 0.0981. The summed E-state index contributed by atoms with van der Waals surface area (Å²) < 4.78 is 40.2. The molecule has 0 aromatic carbocycles. The van der Waals surface area contributed by atoms with E-state index in [4.69, 9.17) is 0 Å². The summed E-state index contributed by atoms with van der Waals surface area (Å²) in [4.78, 5) is 0. The third kappa shape index (κ3) is 5.63. The molecule has 1 atom stereocenters. The monoisotopic (exact) mass is 320 g/mol. The Kier molecular flexibility index (Phi) is 7.93. The zero-order valence-electron chi connectivity index (χ0n) is 13.5. The highest BCUT2D eigenvalue weighted by Gasteiger charge is 2.37. The number of unbranched alkanes of at least 4 members (excludes halogenated alkanes) is 6. The number of hydrogen-bond donors (Lipinski definition) is 1. The van der Waals surface area contributed by atoms with Gasteiger partial charge in [-0.1, -0.05) is 51.9 Å². The SMILES string of the molecule is CCCCCCCCCC(CO)c1c(C(F)(F)F)cnn1C. The van der Waals surface area contributed by atoms with E-state index >= 15 is 0 Å². The van der Waals surface area contributed by atoms with Gasteiger partial charge in [0, 0.05) is 13.0 Å². The lowest BCUT2D eigenvalue weighted by molar-refractivity contribution is -0.138. The van der Waals surface area contributed by atoms with Crippen LogP contribution >= 0.6 is 0 Å². The van der Waals surface area contributed by atoms with Crippen molar-refractivity contribution in [1.82, 2.24) is 9.78 Å². The molecule has 0 bridgehead atoms. The maximum absolute atomic E-state index is 13.0. The summed E-state index contributed by atoms with van der Waals surface area (Å²) in [5.41, 5.74) is -0.627. The van der Waals surface area contributed by atoms with E-state index in [1.54, 1.807) is 0 Å². The molecule has 0 aliphatic carbocycles. The number of rotatable bonds is 10. The predicted octanol–water partition coefficient (Wildman–Crippen LogP) is 4.66. The van der Waals surface area contributed by atoms with Gasteiger partial charge < -0.3 is 5.11 Å². The standard InChI is InChI=1S/C16H27F3N2O/c1-3-4-5-6-7-8-9-10-13(12-22)15-14(16(17,18)19)11-20-21(15)2/h11,13,22H,3-10,12H2,1-2H3. The lowest BCUT2D eigenvalue weighted by atomic mass is 9.95. The number of aromatic nitrogens is 2. The molecule has 128 valence electrons. The van der Waals surface area contributed by atoms with Gasteiger partial charge in [-0.15, -0.1) is 0 Å². The zero-order chi connectivity index (χ0) is 16.6. The second-order valence-corrected chi connectivity index (χ2v) is 5.85. The molecule has 1 N–H and O–H groups in total. The summed E-state index contributed by atoms with van der Waals surface area (Å²) in [5, 5.41) is 13.2. The molecule has 0 saturated heterocycles. The molecular formula is C16H27F3N2O. The van der Waals surface area contributed by atoms with Gasteiger partial charge >= 0.3 is 6.18 Å². The van der Waals surface area contributed by atoms with Gasteiger partial charge in [-0.2, -0.15) is 18.3 Å². The summed E-state index contributed by atoms with van der Waals surface area (Å²) in [6.07, 6.45) is 4.77. The van der Waals surface area contributed by atoms with Crippen LogP contribution in [0.5, 0.6) is 0 Å². The molecule has 1 unspecified atom stereocenters. The van der Waals surface area contributed by atoms with Crippen molar-refractivity contribution in [2.75, 3.05) is 6.61 Å². The average molecular weight is 320 g/mol. The largest absolute Gasteiger partial charge is 0.419 e. The molecule has 1 rings (SSSR count). The number of hydrogen-bond acceptors (Lipinski definition) is 2. The van der Waals surface area contributed by atoms with E-state index in [0.29, 0.717) is 6.42 Å². The van der Waals surface area contributed by atoms with Gasteiger partial charge in [0.15, 0.2) is 0 Å². The lowest BCUT2D eigenvalue weighted by Crippen LogP contribution is -2.16.